The van der Waals surface area contributed by atoms with Gasteiger partial charge in [0, 0.05) is 6.42 Å². The fourth-order valence-electron chi connectivity index (χ4n) is 5.04. The van der Waals surface area contributed by atoms with E-state index in [1.54, 1.807) is 0 Å². The Labute approximate surface area is 227 Å². The lowest BCUT2D eigenvalue weighted by Crippen LogP contribution is -2.05. The van der Waals surface area contributed by atoms with Crippen molar-refractivity contribution in [3.05, 3.63) is 12.2 Å². The molecule has 0 rings (SSSR count). The molecule has 0 fully saturated rings. The largest absolute Gasteiger partial charge is 0.466 e. The molecule has 0 aliphatic heterocycles. The van der Waals surface area contributed by atoms with Gasteiger partial charge in [0.05, 0.1) is 6.61 Å². The third-order valence-corrected chi connectivity index (χ3v) is 7.51. The molecule has 0 saturated heterocycles. The Hall–Kier alpha value is -0.790. The maximum absolute atomic E-state index is 11.5. The van der Waals surface area contributed by atoms with E-state index in [1.807, 2.05) is 19.1 Å². The molecule has 0 unspecified atom stereocenters. The first kappa shape index (κ1) is 35.2. The highest BCUT2D eigenvalue weighted by Crippen LogP contribution is 2.16. The van der Waals surface area contributed by atoms with Crippen molar-refractivity contribution in [3.8, 4) is 0 Å². The molecule has 0 heterocycles. The summed E-state index contributed by atoms with van der Waals surface area (Å²) in [5.41, 5.74) is 0. The summed E-state index contributed by atoms with van der Waals surface area (Å²) in [6.45, 7) is 4.88. The monoisotopic (exact) mass is 507 g/mol. The van der Waals surface area contributed by atoms with E-state index in [0.29, 0.717) is 13.0 Å². The molecule has 0 aromatic heterocycles. The Bertz CT molecular complexity index is 442. The second kappa shape index (κ2) is 32.2. The summed E-state index contributed by atoms with van der Waals surface area (Å²) in [4.78, 5) is 11.5. The van der Waals surface area contributed by atoms with Gasteiger partial charge in [0.2, 0.25) is 0 Å². The van der Waals surface area contributed by atoms with E-state index in [1.165, 1.54) is 161 Å². The summed E-state index contributed by atoms with van der Waals surface area (Å²) in [6.07, 6.45) is 42.1. The molecular formula is C34H66O2. The summed E-state index contributed by atoms with van der Waals surface area (Å²) >= 11 is 0. The van der Waals surface area contributed by atoms with Crippen molar-refractivity contribution in [2.75, 3.05) is 6.61 Å². The van der Waals surface area contributed by atoms with Crippen molar-refractivity contribution in [2.24, 2.45) is 0 Å². The predicted molar refractivity (Wildman–Crippen MR) is 161 cm³/mol. The summed E-state index contributed by atoms with van der Waals surface area (Å²) < 4.78 is 5.27. The summed E-state index contributed by atoms with van der Waals surface area (Å²) in [5.74, 6) is -0.0484. The molecule has 0 saturated carbocycles. The fraction of sp³-hybridized carbons (Fsp3) is 0.912. The van der Waals surface area contributed by atoms with Crippen molar-refractivity contribution >= 4 is 5.97 Å². The molecule has 2 nitrogen and oxygen atoms in total. The lowest BCUT2D eigenvalue weighted by molar-refractivity contribution is -0.143. The number of hydrogen-bond acceptors (Lipinski definition) is 2. The lowest BCUT2D eigenvalue weighted by Gasteiger charge is -2.05. The van der Waals surface area contributed by atoms with Crippen LogP contribution in [-0.4, -0.2) is 12.6 Å². The van der Waals surface area contributed by atoms with Crippen molar-refractivity contribution in [1.82, 2.24) is 0 Å². The number of esters is 1. The lowest BCUT2D eigenvalue weighted by atomic mass is 10.0. The standard InChI is InChI=1S/C34H66O2/c1-3-5-7-8-9-10-11-12-13-14-15-16-17-18-19-20-21-22-23-24-25-26-27-28-29-31-33-36-34(35)32-30-6-4-2/h4,6H,3,5,7-33H2,1-2H3/b6-4+. The van der Waals surface area contributed by atoms with Gasteiger partial charge in [-0.15, -0.1) is 0 Å². The Kier molecular flexibility index (Phi) is 31.5. The van der Waals surface area contributed by atoms with Gasteiger partial charge in [-0.1, -0.05) is 180 Å². The SMILES string of the molecule is C/C=C/CCC(=O)OCCCCCCCCCCCCCCCCCCCCCCCCCCCC. The van der Waals surface area contributed by atoms with E-state index in [9.17, 15) is 4.79 Å². The average Bonchev–Trinajstić information content (AvgIpc) is 2.88. The average molecular weight is 507 g/mol. The van der Waals surface area contributed by atoms with Crippen molar-refractivity contribution in [3.63, 3.8) is 0 Å². The first-order valence-electron chi connectivity index (χ1n) is 16.6. The van der Waals surface area contributed by atoms with Gasteiger partial charge >= 0.3 is 5.97 Å². The number of carbonyl (C=O) groups excluding carboxylic acids is 1. The molecule has 2 heteroatoms. The number of ether oxygens (including phenoxy) is 1. The Balaban J connectivity index is 3.07. The maximum atomic E-state index is 11.5. The molecular weight excluding hydrogens is 440 g/mol. The number of rotatable bonds is 30. The van der Waals surface area contributed by atoms with Gasteiger partial charge in [0.1, 0.15) is 0 Å². The molecule has 0 bridgehead atoms. The van der Waals surface area contributed by atoms with Gasteiger partial charge in [0.15, 0.2) is 0 Å². The van der Waals surface area contributed by atoms with E-state index in [4.69, 9.17) is 4.74 Å². The predicted octanol–water partition coefficient (Wildman–Crippen LogP) is 12.0. The molecule has 0 aromatic carbocycles. The molecule has 0 radical (unpaired) electrons. The van der Waals surface area contributed by atoms with E-state index in [0.717, 1.165) is 12.8 Å². The smallest absolute Gasteiger partial charge is 0.306 e. The van der Waals surface area contributed by atoms with Crippen LogP contribution in [0.5, 0.6) is 0 Å². The van der Waals surface area contributed by atoms with Crippen LogP contribution in [0, 0.1) is 0 Å². The Morgan fingerprint density at radius 3 is 1.11 bits per heavy atom. The maximum Gasteiger partial charge on any atom is 0.306 e. The zero-order valence-electron chi connectivity index (χ0n) is 25.0. The molecule has 0 aliphatic carbocycles. The van der Waals surface area contributed by atoms with Gasteiger partial charge in [-0.05, 0) is 19.8 Å². The topological polar surface area (TPSA) is 26.3 Å². The van der Waals surface area contributed by atoms with Crippen LogP contribution >= 0.6 is 0 Å². The molecule has 0 spiro atoms. The Morgan fingerprint density at radius 2 is 0.806 bits per heavy atom. The quantitative estimate of drug-likeness (QED) is 0.0550. The van der Waals surface area contributed by atoms with Crippen LogP contribution in [0.15, 0.2) is 12.2 Å². The minimum Gasteiger partial charge on any atom is -0.466 e. The van der Waals surface area contributed by atoms with Crippen LogP contribution in [0.1, 0.15) is 194 Å². The number of hydrogen-bond donors (Lipinski definition) is 0. The second-order valence-electron chi connectivity index (χ2n) is 11.2. The molecule has 0 amide bonds. The van der Waals surface area contributed by atoms with Crippen LogP contribution in [0.25, 0.3) is 0 Å². The highest BCUT2D eigenvalue weighted by molar-refractivity contribution is 5.69. The zero-order valence-corrected chi connectivity index (χ0v) is 25.0. The second-order valence-corrected chi connectivity index (χ2v) is 11.2. The van der Waals surface area contributed by atoms with Crippen LogP contribution in [0.3, 0.4) is 0 Å². The summed E-state index contributed by atoms with van der Waals surface area (Å²) in [5, 5.41) is 0. The van der Waals surface area contributed by atoms with Crippen LogP contribution in [0.4, 0.5) is 0 Å². The highest BCUT2D eigenvalue weighted by Gasteiger charge is 2.01. The first-order chi connectivity index (χ1) is 17.8. The summed E-state index contributed by atoms with van der Waals surface area (Å²) in [6, 6.07) is 0. The van der Waals surface area contributed by atoms with Crippen LogP contribution in [-0.2, 0) is 9.53 Å². The van der Waals surface area contributed by atoms with Crippen molar-refractivity contribution in [2.45, 2.75) is 194 Å². The van der Waals surface area contributed by atoms with E-state index >= 15 is 0 Å². The molecule has 0 N–H and O–H groups in total. The third-order valence-electron chi connectivity index (χ3n) is 7.51. The van der Waals surface area contributed by atoms with Gasteiger partial charge in [-0.3, -0.25) is 4.79 Å². The molecule has 0 atom stereocenters. The molecule has 0 aromatic rings. The van der Waals surface area contributed by atoms with Crippen molar-refractivity contribution < 1.29 is 9.53 Å². The van der Waals surface area contributed by atoms with Gasteiger partial charge in [-0.25, -0.2) is 0 Å². The third kappa shape index (κ3) is 31.2. The number of allylic oxidation sites excluding steroid dienone is 2. The Morgan fingerprint density at radius 1 is 0.500 bits per heavy atom. The fourth-order valence-corrected chi connectivity index (χ4v) is 5.04. The normalized spacial score (nSPS) is 11.5. The van der Waals surface area contributed by atoms with Crippen LogP contribution in [0.2, 0.25) is 0 Å². The van der Waals surface area contributed by atoms with Gasteiger partial charge in [0.25, 0.3) is 0 Å². The van der Waals surface area contributed by atoms with E-state index in [-0.39, 0.29) is 5.97 Å². The number of carbonyl (C=O) groups is 1. The van der Waals surface area contributed by atoms with Gasteiger partial charge in [-0.2, -0.15) is 0 Å². The molecule has 0 aliphatic rings. The molecule has 214 valence electrons. The van der Waals surface area contributed by atoms with E-state index in [2.05, 4.69) is 6.92 Å². The van der Waals surface area contributed by atoms with Crippen LogP contribution < -0.4 is 0 Å². The van der Waals surface area contributed by atoms with Crippen molar-refractivity contribution in [1.29, 1.82) is 0 Å². The first-order valence-corrected chi connectivity index (χ1v) is 16.6. The number of unbranched alkanes of at least 4 members (excludes halogenated alkanes) is 25. The minimum atomic E-state index is -0.0484. The van der Waals surface area contributed by atoms with E-state index < -0.39 is 0 Å². The summed E-state index contributed by atoms with van der Waals surface area (Å²) in [7, 11) is 0. The highest BCUT2D eigenvalue weighted by atomic mass is 16.5. The molecule has 36 heavy (non-hydrogen) atoms. The zero-order chi connectivity index (χ0) is 26.2. The minimum absolute atomic E-state index is 0.0484. The van der Waals surface area contributed by atoms with Gasteiger partial charge < -0.3 is 4.74 Å².